The number of nitrogens with zero attached hydrogens (tertiary/aromatic N) is 1. The van der Waals surface area contributed by atoms with Gasteiger partial charge in [0.2, 0.25) is 0 Å². The average Bonchev–Trinajstić information content (AvgIpc) is 2.85. The molecule has 8 heteroatoms. The first-order valence-electron chi connectivity index (χ1n) is 7.80. The zero-order valence-electron chi connectivity index (χ0n) is 14.4. The number of rotatable bonds is 7. The lowest BCUT2D eigenvalue weighted by Crippen LogP contribution is -2.50. The number of hydrogen-bond acceptors (Lipinski definition) is 5. The summed E-state index contributed by atoms with van der Waals surface area (Å²) in [4.78, 5) is 11.8. The van der Waals surface area contributed by atoms with Gasteiger partial charge in [-0.3, -0.25) is 0 Å². The predicted octanol–water partition coefficient (Wildman–Crippen LogP) is 2.20. The van der Waals surface area contributed by atoms with Crippen LogP contribution >= 0.6 is 0 Å². The van der Waals surface area contributed by atoms with Crippen molar-refractivity contribution in [1.29, 1.82) is 0 Å². The van der Waals surface area contributed by atoms with E-state index in [0.29, 0.717) is 13.0 Å². The molecule has 0 unspecified atom stereocenters. The Balaban J connectivity index is 2.84. The molecule has 1 aliphatic heterocycles. The normalized spacial score (nSPS) is 20.3. The Morgan fingerprint density at radius 1 is 1.52 bits per heavy atom. The Morgan fingerprint density at radius 3 is 2.65 bits per heavy atom. The van der Waals surface area contributed by atoms with Crippen molar-refractivity contribution in [3.05, 3.63) is 12.7 Å². The fraction of sp³-hybridized carbons (Fsp3) is 0.800. The number of ether oxygens (including phenoxy) is 2. The van der Waals surface area contributed by atoms with Crippen LogP contribution in [0.5, 0.6) is 0 Å². The fourth-order valence-electron chi connectivity index (χ4n) is 2.33. The van der Waals surface area contributed by atoms with Crippen LogP contribution in [-0.4, -0.2) is 49.7 Å². The zero-order valence-corrected chi connectivity index (χ0v) is 15.2. The molecule has 0 aromatic heterocycles. The summed E-state index contributed by atoms with van der Waals surface area (Å²) < 4.78 is 38.9. The summed E-state index contributed by atoms with van der Waals surface area (Å²) in [5.41, 5.74) is -0.772. The smallest absolute Gasteiger partial charge is 0.422 e. The second-order valence-corrected chi connectivity index (χ2v) is 8.31. The molecule has 1 fully saturated rings. The van der Waals surface area contributed by atoms with E-state index in [-0.39, 0.29) is 18.7 Å². The average molecular weight is 348 g/mol. The largest absolute Gasteiger partial charge is 0.443 e. The highest BCUT2D eigenvalue weighted by Crippen LogP contribution is 2.18. The number of nitrogens with one attached hydrogen (secondary N) is 1. The lowest BCUT2D eigenvalue weighted by atomic mass is 10.2. The maximum atomic E-state index is 12.6. The third-order valence-electron chi connectivity index (χ3n) is 3.33. The highest BCUT2D eigenvalue weighted by atomic mass is 32.2. The van der Waals surface area contributed by atoms with E-state index in [2.05, 4.69) is 6.58 Å². The topological polar surface area (TPSA) is 84.9 Å². The lowest BCUT2D eigenvalue weighted by molar-refractivity contribution is 0.0559. The summed E-state index contributed by atoms with van der Waals surface area (Å²) >= 11 is 0. The Kier molecular flexibility index (Phi) is 7.03. The number of hydrogen-bond donors (Lipinski definition) is 1. The van der Waals surface area contributed by atoms with E-state index in [0.717, 1.165) is 12.8 Å². The highest BCUT2D eigenvalue weighted by Gasteiger charge is 2.33. The van der Waals surface area contributed by atoms with Crippen molar-refractivity contribution in [2.75, 3.05) is 13.2 Å². The summed E-state index contributed by atoms with van der Waals surface area (Å²) in [5, 5.41) is 0. The van der Waals surface area contributed by atoms with Gasteiger partial charge in [0.25, 0.3) is 0 Å². The number of carbonyl (C=O) groups excluding carboxylic acids is 1. The molecule has 23 heavy (non-hydrogen) atoms. The molecule has 0 aromatic carbocycles. The van der Waals surface area contributed by atoms with Gasteiger partial charge in [-0.1, -0.05) is 6.08 Å². The van der Waals surface area contributed by atoms with Gasteiger partial charge in [-0.05, 0) is 47.0 Å². The molecule has 1 rings (SSSR count). The Morgan fingerprint density at radius 2 is 2.17 bits per heavy atom. The molecule has 0 aromatic rings. The maximum absolute atomic E-state index is 12.6. The SMILES string of the molecule is C=CC[C@H](C)N(C[C@@H]1CCCO1)S(=O)(=O)NC(=O)OC(C)(C)C. The van der Waals surface area contributed by atoms with Crippen LogP contribution < -0.4 is 4.72 Å². The van der Waals surface area contributed by atoms with Crippen molar-refractivity contribution in [3.8, 4) is 0 Å². The molecule has 1 amide bonds. The lowest BCUT2D eigenvalue weighted by Gasteiger charge is -2.30. The molecule has 0 radical (unpaired) electrons. The first-order chi connectivity index (χ1) is 10.5. The van der Waals surface area contributed by atoms with Crippen LogP contribution in [0.15, 0.2) is 12.7 Å². The molecule has 1 saturated heterocycles. The quantitative estimate of drug-likeness (QED) is 0.713. The molecular weight excluding hydrogens is 320 g/mol. The van der Waals surface area contributed by atoms with Crippen LogP contribution in [-0.2, 0) is 19.7 Å². The Labute approximate surface area is 139 Å². The number of amides is 1. The van der Waals surface area contributed by atoms with Crippen molar-refractivity contribution in [2.24, 2.45) is 0 Å². The summed E-state index contributed by atoms with van der Waals surface area (Å²) in [7, 11) is -4.02. The van der Waals surface area contributed by atoms with Gasteiger partial charge in [0, 0.05) is 19.2 Å². The van der Waals surface area contributed by atoms with Gasteiger partial charge in [-0.2, -0.15) is 12.7 Å². The van der Waals surface area contributed by atoms with Crippen molar-refractivity contribution in [3.63, 3.8) is 0 Å². The fourth-order valence-corrected chi connectivity index (χ4v) is 3.62. The number of carbonyl (C=O) groups is 1. The van der Waals surface area contributed by atoms with Crippen LogP contribution in [0.3, 0.4) is 0 Å². The minimum absolute atomic E-state index is 0.155. The molecule has 1 heterocycles. The maximum Gasteiger partial charge on any atom is 0.422 e. The molecule has 7 nitrogen and oxygen atoms in total. The first kappa shape index (κ1) is 19.9. The molecule has 1 aliphatic rings. The van der Waals surface area contributed by atoms with Crippen LogP contribution in [0.1, 0.15) is 47.0 Å². The second-order valence-electron chi connectivity index (χ2n) is 6.69. The summed E-state index contributed by atoms with van der Waals surface area (Å²) in [6.45, 7) is 11.3. The monoisotopic (exact) mass is 348 g/mol. The predicted molar refractivity (Wildman–Crippen MR) is 88.2 cm³/mol. The van der Waals surface area contributed by atoms with Gasteiger partial charge < -0.3 is 9.47 Å². The van der Waals surface area contributed by atoms with Crippen molar-refractivity contribution >= 4 is 16.3 Å². The Bertz CT molecular complexity index is 506. The molecule has 2 atom stereocenters. The van der Waals surface area contributed by atoms with Crippen LogP contribution in [0.4, 0.5) is 4.79 Å². The van der Waals surface area contributed by atoms with E-state index in [4.69, 9.17) is 9.47 Å². The molecule has 0 bridgehead atoms. The molecule has 134 valence electrons. The van der Waals surface area contributed by atoms with E-state index in [1.807, 2.05) is 4.72 Å². The third kappa shape index (κ3) is 6.88. The van der Waals surface area contributed by atoms with Crippen molar-refractivity contribution in [2.45, 2.75) is 64.7 Å². The molecule has 0 aliphatic carbocycles. The van der Waals surface area contributed by atoms with Gasteiger partial charge in [0.15, 0.2) is 0 Å². The standard InChI is InChI=1S/C15H28N2O5S/c1-6-8-12(2)17(11-13-9-7-10-21-13)23(19,20)16-14(18)22-15(3,4)5/h6,12-13H,1,7-11H2,2-5H3,(H,16,18)/t12-,13-/m0/s1. The third-order valence-corrected chi connectivity index (χ3v) is 4.88. The van der Waals surface area contributed by atoms with Gasteiger partial charge in [0.1, 0.15) is 5.60 Å². The minimum Gasteiger partial charge on any atom is -0.443 e. The van der Waals surface area contributed by atoms with Crippen LogP contribution in [0, 0.1) is 0 Å². The summed E-state index contributed by atoms with van der Waals surface area (Å²) in [6, 6.07) is -0.336. The molecule has 0 saturated carbocycles. The van der Waals surface area contributed by atoms with Crippen LogP contribution in [0.2, 0.25) is 0 Å². The van der Waals surface area contributed by atoms with Crippen molar-refractivity contribution < 1.29 is 22.7 Å². The van der Waals surface area contributed by atoms with Gasteiger partial charge >= 0.3 is 16.3 Å². The van der Waals surface area contributed by atoms with Gasteiger partial charge in [-0.25, -0.2) is 9.52 Å². The second kappa shape index (κ2) is 8.12. The molecular formula is C15H28N2O5S. The summed E-state index contributed by atoms with van der Waals surface area (Å²) in [6.07, 6.45) is 2.70. The highest BCUT2D eigenvalue weighted by molar-refractivity contribution is 7.87. The Hall–Kier alpha value is -1.12. The van der Waals surface area contributed by atoms with E-state index in [1.54, 1.807) is 33.8 Å². The van der Waals surface area contributed by atoms with Gasteiger partial charge in [0.05, 0.1) is 6.10 Å². The van der Waals surface area contributed by atoms with E-state index >= 15 is 0 Å². The molecule has 1 N–H and O–H groups in total. The van der Waals surface area contributed by atoms with Gasteiger partial charge in [-0.15, -0.1) is 6.58 Å². The minimum atomic E-state index is -4.02. The first-order valence-corrected chi connectivity index (χ1v) is 9.24. The van der Waals surface area contributed by atoms with Crippen LogP contribution in [0.25, 0.3) is 0 Å². The molecule has 0 spiro atoms. The van der Waals surface area contributed by atoms with E-state index in [1.165, 1.54) is 4.31 Å². The van der Waals surface area contributed by atoms with E-state index in [9.17, 15) is 13.2 Å². The summed E-state index contributed by atoms with van der Waals surface area (Å²) in [5.74, 6) is 0. The van der Waals surface area contributed by atoms with Crippen molar-refractivity contribution in [1.82, 2.24) is 9.03 Å². The van der Waals surface area contributed by atoms with E-state index < -0.39 is 21.9 Å². The zero-order chi connectivity index (χ0) is 17.7.